The first kappa shape index (κ1) is 15.1. The molecule has 1 atom stereocenters. The first-order valence-corrected chi connectivity index (χ1v) is 5.92. The highest BCUT2D eigenvalue weighted by Gasteiger charge is 2.09. The quantitative estimate of drug-likeness (QED) is 0.678. The monoisotopic (exact) mass is 268 g/mol. The van der Waals surface area contributed by atoms with Gasteiger partial charge in [-0.15, -0.1) is 0 Å². The minimum Gasteiger partial charge on any atom is -0.394 e. The van der Waals surface area contributed by atoms with Crippen LogP contribution in [0.4, 0.5) is 4.39 Å². The van der Waals surface area contributed by atoms with Crippen LogP contribution in [0.5, 0.6) is 0 Å². The normalized spacial score (nSPS) is 11.7. The highest BCUT2D eigenvalue weighted by atomic mass is 19.1. The number of amides is 2. The lowest BCUT2D eigenvalue weighted by atomic mass is 10.1. The van der Waals surface area contributed by atoms with Gasteiger partial charge in [0.15, 0.2) is 0 Å². The summed E-state index contributed by atoms with van der Waals surface area (Å²) in [4.78, 5) is 22.8. The van der Waals surface area contributed by atoms with Crippen molar-refractivity contribution in [2.24, 2.45) is 0 Å². The number of nitrogens with one attached hydrogen (secondary N) is 2. The molecule has 6 heteroatoms. The van der Waals surface area contributed by atoms with Gasteiger partial charge in [0, 0.05) is 6.04 Å². The third-order valence-corrected chi connectivity index (χ3v) is 2.38. The van der Waals surface area contributed by atoms with E-state index in [1.807, 2.05) is 0 Å². The molecule has 19 heavy (non-hydrogen) atoms. The Kier molecular flexibility index (Phi) is 5.95. The number of aliphatic hydroxyl groups is 1. The maximum Gasteiger partial charge on any atom is 0.239 e. The van der Waals surface area contributed by atoms with Crippen LogP contribution in [0.1, 0.15) is 12.5 Å². The van der Waals surface area contributed by atoms with Crippen LogP contribution in [-0.2, 0) is 16.0 Å². The Balaban J connectivity index is 2.34. The lowest BCUT2D eigenvalue weighted by Crippen LogP contribution is -2.42. The fraction of sp³-hybridized carbons (Fsp3) is 0.385. The zero-order chi connectivity index (χ0) is 14.3. The topological polar surface area (TPSA) is 78.4 Å². The number of aliphatic hydroxyl groups excluding tert-OH is 1. The minimum atomic E-state index is -0.403. The number of halogens is 1. The molecule has 104 valence electrons. The largest absolute Gasteiger partial charge is 0.394 e. The summed E-state index contributed by atoms with van der Waals surface area (Å²) < 4.78 is 12.9. The molecule has 0 radical (unpaired) electrons. The predicted molar refractivity (Wildman–Crippen MR) is 67.8 cm³/mol. The molecule has 0 saturated heterocycles. The first-order valence-electron chi connectivity index (χ1n) is 5.92. The van der Waals surface area contributed by atoms with E-state index in [2.05, 4.69) is 10.6 Å². The average molecular weight is 268 g/mol. The van der Waals surface area contributed by atoms with Crippen molar-refractivity contribution < 1.29 is 19.1 Å². The van der Waals surface area contributed by atoms with Crippen molar-refractivity contribution in [3.05, 3.63) is 35.6 Å². The van der Waals surface area contributed by atoms with E-state index in [-0.39, 0.29) is 37.4 Å². The second-order valence-electron chi connectivity index (χ2n) is 4.23. The summed E-state index contributed by atoms with van der Waals surface area (Å²) in [5.74, 6) is -1.15. The van der Waals surface area contributed by atoms with Crippen LogP contribution in [0.3, 0.4) is 0 Å². The Bertz CT molecular complexity index is 451. The molecule has 5 nitrogen and oxygen atoms in total. The van der Waals surface area contributed by atoms with Crippen molar-refractivity contribution in [1.29, 1.82) is 0 Å². The van der Waals surface area contributed by atoms with Gasteiger partial charge in [-0.2, -0.15) is 0 Å². The van der Waals surface area contributed by atoms with Crippen LogP contribution in [0.15, 0.2) is 24.3 Å². The molecular weight excluding hydrogens is 251 g/mol. The van der Waals surface area contributed by atoms with Gasteiger partial charge in [0.25, 0.3) is 0 Å². The van der Waals surface area contributed by atoms with Gasteiger partial charge in [-0.25, -0.2) is 4.39 Å². The van der Waals surface area contributed by atoms with E-state index in [4.69, 9.17) is 5.11 Å². The van der Waals surface area contributed by atoms with Gasteiger partial charge in [0.05, 0.1) is 19.6 Å². The maximum atomic E-state index is 12.9. The molecule has 0 aromatic heterocycles. The van der Waals surface area contributed by atoms with Crippen LogP contribution in [-0.4, -0.2) is 36.1 Å². The molecule has 1 unspecified atom stereocenters. The molecule has 0 fully saturated rings. The smallest absolute Gasteiger partial charge is 0.239 e. The molecule has 0 spiro atoms. The van der Waals surface area contributed by atoms with Gasteiger partial charge < -0.3 is 15.7 Å². The molecule has 2 amide bonds. The number of rotatable bonds is 6. The van der Waals surface area contributed by atoms with Crippen molar-refractivity contribution in [1.82, 2.24) is 10.6 Å². The summed E-state index contributed by atoms with van der Waals surface area (Å²) in [5.41, 5.74) is 0.543. The van der Waals surface area contributed by atoms with E-state index in [1.165, 1.54) is 18.2 Å². The van der Waals surface area contributed by atoms with Crippen LogP contribution >= 0.6 is 0 Å². The first-order chi connectivity index (χ1) is 9.01. The minimum absolute atomic E-state index is 0.0145. The van der Waals surface area contributed by atoms with Crippen molar-refractivity contribution in [3.63, 3.8) is 0 Å². The second-order valence-corrected chi connectivity index (χ2v) is 4.23. The molecule has 0 heterocycles. The van der Waals surface area contributed by atoms with Gasteiger partial charge in [-0.1, -0.05) is 12.1 Å². The van der Waals surface area contributed by atoms with Crippen molar-refractivity contribution in [3.8, 4) is 0 Å². The van der Waals surface area contributed by atoms with Crippen molar-refractivity contribution in [2.75, 3.05) is 13.2 Å². The Hall–Kier alpha value is -1.95. The van der Waals surface area contributed by atoms with E-state index in [9.17, 15) is 14.0 Å². The molecule has 0 bridgehead atoms. The molecular formula is C13H17FN2O3. The van der Waals surface area contributed by atoms with Gasteiger partial charge in [0.1, 0.15) is 5.82 Å². The summed E-state index contributed by atoms with van der Waals surface area (Å²) in [6.45, 7) is 1.31. The molecule has 1 aromatic rings. The van der Waals surface area contributed by atoms with E-state index >= 15 is 0 Å². The third-order valence-electron chi connectivity index (χ3n) is 2.38. The molecule has 0 aliphatic rings. The van der Waals surface area contributed by atoms with E-state index in [1.54, 1.807) is 13.0 Å². The molecule has 0 saturated carbocycles. The lowest BCUT2D eigenvalue weighted by molar-refractivity contribution is -0.126. The summed E-state index contributed by atoms with van der Waals surface area (Å²) >= 11 is 0. The van der Waals surface area contributed by atoms with Gasteiger partial charge in [-0.05, 0) is 24.6 Å². The maximum absolute atomic E-state index is 12.9. The molecule has 3 N–H and O–H groups in total. The van der Waals surface area contributed by atoms with E-state index < -0.39 is 5.82 Å². The number of carbonyl (C=O) groups is 2. The molecule has 1 aromatic carbocycles. The number of hydrogen-bond donors (Lipinski definition) is 3. The van der Waals surface area contributed by atoms with Crippen LogP contribution < -0.4 is 10.6 Å². The fourth-order valence-corrected chi connectivity index (χ4v) is 1.45. The highest BCUT2D eigenvalue weighted by Crippen LogP contribution is 2.03. The lowest BCUT2D eigenvalue weighted by Gasteiger charge is -2.11. The molecule has 1 rings (SSSR count). The van der Waals surface area contributed by atoms with E-state index in [0.717, 1.165) is 0 Å². The number of benzene rings is 1. The zero-order valence-corrected chi connectivity index (χ0v) is 10.6. The fourth-order valence-electron chi connectivity index (χ4n) is 1.45. The average Bonchev–Trinajstić information content (AvgIpc) is 2.36. The summed E-state index contributed by atoms with van der Waals surface area (Å²) in [7, 11) is 0. The molecule has 0 aliphatic carbocycles. The Morgan fingerprint density at radius 2 is 2.11 bits per heavy atom. The Morgan fingerprint density at radius 3 is 2.74 bits per heavy atom. The molecule has 0 aliphatic heterocycles. The van der Waals surface area contributed by atoms with Crippen LogP contribution in [0.2, 0.25) is 0 Å². The zero-order valence-electron chi connectivity index (χ0n) is 10.6. The summed E-state index contributed by atoms with van der Waals surface area (Å²) in [6.07, 6.45) is 0.0145. The van der Waals surface area contributed by atoms with Crippen molar-refractivity contribution in [2.45, 2.75) is 19.4 Å². The Labute approximate surface area is 110 Å². The van der Waals surface area contributed by atoms with Crippen LogP contribution in [0.25, 0.3) is 0 Å². The van der Waals surface area contributed by atoms with Gasteiger partial charge in [-0.3, -0.25) is 9.59 Å². The number of carbonyl (C=O) groups excluding carboxylic acids is 2. The van der Waals surface area contributed by atoms with Crippen molar-refractivity contribution >= 4 is 11.8 Å². The predicted octanol–water partition coefficient (Wildman–Crippen LogP) is -0.0186. The summed E-state index contributed by atoms with van der Waals surface area (Å²) in [6, 6.07) is 5.37. The van der Waals surface area contributed by atoms with Crippen LogP contribution in [0, 0.1) is 5.82 Å². The third kappa shape index (κ3) is 5.96. The highest BCUT2D eigenvalue weighted by molar-refractivity contribution is 5.85. The van der Waals surface area contributed by atoms with Gasteiger partial charge in [0.2, 0.25) is 11.8 Å². The van der Waals surface area contributed by atoms with Gasteiger partial charge >= 0.3 is 0 Å². The SMILES string of the molecule is CC(CO)NC(=O)CNC(=O)Cc1cccc(F)c1. The summed E-state index contributed by atoms with van der Waals surface area (Å²) in [5, 5.41) is 13.7. The number of hydrogen-bond acceptors (Lipinski definition) is 3. The Morgan fingerprint density at radius 1 is 1.37 bits per heavy atom. The van der Waals surface area contributed by atoms with E-state index in [0.29, 0.717) is 5.56 Å². The second kappa shape index (κ2) is 7.48. The standard InChI is InChI=1S/C13H17FN2O3/c1-9(8-17)16-13(19)7-15-12(18)6-10-3-2-4-11(14)5-10/h2-5,9,17H,6-8H2,1H3,(H,15,18)(H,16,19).